The topological polar surface area (TPSA) is 30.7 Å². The predicted octanol–water partition coefficient (Wildman–Crippen LogP) is 2.64. The Morgan fingerprint density at radius 3 is 2.87 bits per heavy atom. The van der Waals surface area contributed by atoms with Crippen LogP contribution in [0.15, 0.2) is 6.20 Å². The van der Waals surface area contributed by atoms with Crippen LogP contribution in [0.25, 0.3) is 0 Å². The largest absolute Gasteiger partial charge is 0.252 e. The standard InChI is InChI=1S/C11H18ClN3/c12-7-6-11-9-15(14-13-11)8-10-4-2-1-3-5-10/h9-10H,1-8H2. The number of halogens is 1. The molecule has 0 amide bonds. The number of hydrogen-bond acceptors (Lipinski definition) is 2. The highest BCUT2D eigenvalue weighted by Gasteiger charge is 2.14. The number of hydrogen-bond donors (Lipinski definition) is 0. The van der Waals surface area contributed by atoms with Crippen molar-refractivity contribution in [3.05, 3.63) is 11.9 Å². The van der Waals surface area contributed by atoms with Crippen LogP contribution in [0.4, 0.5) is 0 Å². The molecule has 4 heteroatoms. The van der Waals surface area contributed by atoms with E-state index >= 15 is 0 Å². The van der Waals surface area contributed by atoms with Crippen LogP contribution >= 0.6 is 11.6 Å². The molecule has 3 nitrogen and oxygen atoms in total. The van der Waals surface area contributed by atoms with Crippen molar-refractivity contribution in [3.8, 4) is 0 Å². The summed E-state index contributed by atoms with van der Waals surface area (Å²) in [6.07, 6.45) is 9.74. The third-order valence-electron chi connectivity index (χ3n) is 3.11. The van der Waals surface area contributed by atoms with Crippen molar-refractivity contribution in [1.82, 2.24) is 15.0 Å². The smallest absolute Gasteiger partial charge is 0.0839 e. The highest BCUT2D eigenvalue weighted by Crippen LogP contribution is 2.24. The molecule has 1 aliphatic rings. The molecule has 1 saturated carbocycles. The van der Waals surface area contributed by atoms with Gasteiger partial charge in [-0.15, -0.1) is 16.7 Å². The van der Waals surface area contributed by atoms with E-state index in [-0.39, 0.29) is 0 Å². The van der Waals surface area contributed by atoms with Gasteiger partial charge < -0.3 is 0 Å². The van der Waals surface area contributed by atoms with Crippen LogP contribution in [0.3, 0.4) is 0 Å². The summed E-state index contributed by atoms with van der Waals surface area (Å²) < 4.78 is 1.98. The minimum atomic E-state index is 0.627. The lowest BCUT2D eigenvalue weighted by molar-refractivity contribution is 0.305. The third-order valence-corrected chi connectivity index (χ3v) is 3.30. The van der Waals surface area contributed by atoms with Crippen LogP contribution < -0.4 is 0 Å². The first-order valence-electron chi connectivity index (χ1n) is 5.83. The summed E-state index contributed by atoms with van der Waals surface area (Å²) in [6.45, 7) is 1.04. The summed E-state index contributed by atoms with van der Waals surface area (Å²) >= 11 is 5.66. The Balaban J connectivity index is 1.86. The molecule has 15 heavy (non-hydrogen) atoms. The molecule has 1 aromatic heterocycles. The molecular formula is C11H18ClN3. The Bertz CT molecular complexity index is 292. The maximum absolute atomic E-state index is 5.66. The fraction of sp³-hybridized carbons (Fsp3) is 0.818. The van der Waals surface area contributed by atoms with Gasteiger partial charge in [-0.3, -0.25) is 4.68 Å². The second kappa shape index (κ2) is 5.50. The Morgan fingerprint density at radius 2 is 2.13 bits per heavy atom. The number of aromatic nitrogens is 3. The third kappa shape index (κ3) is 3.20. The first-order chi connectivity index (χ1) is 7.38. The maximum Gasteiger partial charge on any atom is 0.0839 e. The van der Waals surface area contributed by atoms with Gasteiger partial charge >= 0.3 is 0 Å². The Labute approximate surface area is 95.8 Å². The van der Waals surface area contributed by atoms with E-state index in [4.69, 9.17) is 11.6 Å². The molecule has 0 bridgehead atoms. The summed E-state index contributed by atoms with van der Waals surface area (Å²) in [5, 5.41) is 8.24. The van der Waals surface area contributed by atoms with Crippen LogP contribution in [0.2, 0.25) is 0 Å². The van der Waals surface area contributed by atoms with Gasteiger partial charge in [0.05, 0.1) is 5.69 Å². The molecule has 0 N–H and O–H groups in total. The van der Waals surface area contributed by atoms with E-state index in [1.807, 2.05) is 10.9 Å². The van der Waals surface area contributed by atoms with Crippen LogP contribution in [-0.2, 0) is 13.0 Å². The van der Waals surface area contributed by atoms with E-state index in [0.29, 0.717) is 5.88 Å². The highest BCUT2D eigenvalue weighted by molar-refractivity contribution is 6.17. The van der Waals surface area contributed by atoms with Gasteiger partial charge in [0.25, 0.3) is 0 Å². The van der Waals surface area contributed by atoms with Gasteiger partial charge in [-0.2, -0.15) is 0 Å². The van der Waals surface area contributed by atoms with Crippen molar-refractivity contribution in [2.45, 2.75) is 45.1 Å². The van der Waals surface area contributed by atoms with Crippen LogP contribution in [-0.4, -0.2) is 20.9 Å². The molecule has 0 radical (unpaired) electrons. The summed E-state index contributed by atoms with van der Waals surface area (Å²) in [7, 11) is 0. The SMILES string of the molecule is ClCCc1cn(CC2CCCCC2)nn1. The van der Waals surface area contributed by atoms with E-state index in [9.17, 15) is 0 Å². The first kappa shape index (κ1) is 10.9. The molecule has 1 fully saturated rings. The van der Waals surface area contributed by atoms with Gasteiger partial charge in [-0.1, -0.05) is 24.5 Å². The molecule has 0 atom stereocenters. The van der Waals surface area contributed by atoms with E-state index in [0.717, 1.165) is 24.6 Å². The van der Waals surface area contributed by atoms with E-state index in [1.165, 1.54) is 32.1 Å². The number of rotatable bonds is 4. The average molecular weight is 228 g/mol. The maximum atomic E-state index is 5.66. The second-order valence-corrected chi connectivity index (χ2v) is 4.75. The molecular weight excluding hydrogens is 210 g/mol. The predicted molar refractivity (Wildman–Crippen MR) is 61.0 cm³/mol. The van der Waals surface area contributed by atoms with Crippen molar-refractivity contribution < 1.29 is 0 Å². The second-order valence-electron chi connectivity index (χ2n) is 4.37. The molecule has 1 aliphatic carbocycles. The van der Waals surface area contributed by atoms with Crippen LogP contribution in [0, 0.1) is 5.92 Å². The van der Waals surface area contributed by atoms with Crippen molar-refractivity contribution in [1.29, 1.82) is 0 Å². The normalized spacial score (nSPS) is 18.2. The highest BCUT2D eigenvalue weighted by atomic mass is 35.5. The van der Waals surface area contributed by atoms with Gasteiger partial charge in [0.1, 0.15) is 0 Å². The number of nitrogens with zero attached hydrogens (tertiary/aromatic N) is 3. The van der Waals surface area contributed by atoms with Crippen molar-refractivity contribution >= 4 is 11.6 Å². The summed E-state index contributed by atoms with van der Waals surface area (Å²) in [5.74, 6) is 1.44. The zero-order chi connectivity index (χ0) is 10.5. The first-order valence-corrected chi connectivity index (χ1v) is 6.37. The molecule has 84 valence electrons. The van der Waals surface area contributed by atoms with Crippen molar-refractivity contribution in [2.75, 3.05) is 5.88 Å². The van der Waals surface area contributed by atoms with Gasteiger partial charge in [0, 0.05) is 25.0 Å². The Hall–Kier alpha value is -0.570. The average Bonchev–Trinajstić information content (AvgIpc) is 2.68. The monoisotopic (exact) mass is 227 g/mol. The molecule has 0 saturated heterocycles. The van der Waals surface area contributed by atoms with Gasteiger partial charge in [-0.05, 0) is 18.8 Å². The Kier molecular flexibility index (Phi) is 4.01. The van der Waals surface area contributed by atoms with Gasteiger partial charge in [-0.25, -0.2) is 0 Å². The van der Waals surface area contributed by atoms with Crippen molar-refractivity contribution in [3.63, 3.8) is 0 Å². The van der Waals surface area contributed by atoms with E-state index in [2.05, 4.69) is 10.3 Å². The molecule has 1 aromatic rings. The summed E-state index contributed by atoms with van der Waals surface area (Å²) in [4.78, 5) is 0. The van der Waals surface area contributed by atoms with Crippen LogP contribution in [0.5, 0.6) is 0 Å². The minimum Gasteiger partial charge on any atom is -0.252 e. The lowest BCUT2D eigenvalue weighted by Crippen LogP contribution is -2.14. The van der Waals surface area contributed by atoms with Gasteiger partial charge in [0.15, 0.2) is 0 Å². The van der Waals surface area contributed by atoms with Crippen molar-refractivity contribution in [2.24, 2.45) is 5.92 Å². The Morgan fingerprint density at radius 1 is 1.33 bits per heavy atom. The van der Waals surface area contributed by atoms with Crippen LogP contribution in [0.1, 0.15) is 37.8 Å². The molecule has 1 heterocycles. The lowest BCUT2D eigenvalue weighted by atomic mass is 9.89. The lowest BCUT2D eigenvalue weighted by Gasteiger charge is -2.20. The fourth-order valence-corrected chi connectivity index (χ4v) is 2.47. The van der Waals surface area contributed by atoms with E-state index < -0.39 is 0 Å². The molecule has 2 rings (SSSR count). The molecule has 0 spiro atoms. The minimum absolute atomic E-state index is 0.627. The fourth-order valence-electron chi connectivity index (χ4n) is 2.27. The quantitative estimate of drug-likeness (QED) is 0.741. The number of alkyl halides is 1. The van der Waals surface area contributed by atoms with E-state index in [1.54, 1.807) is 0 Å². The zero-order valence-corrected chi connectivity index (χ0v) is 9.79. The van der Waals surface area contributed by atoms with Gasteiger partial charge in [0.2, 0.25) is 0 Å². The molecule has 0 unspecified atom stereocenters. The molecule has 0 aromatic carbocycles. The molecule has 0 aliphatic heterocycles. The summed E-state index contributed by atoms with van der Waals surface area (Å²) in [5.41, 5.74) is 1.01. The summed E-state index contributed by atoms with van der Waals surface area (Å²) in [6, 6.07) is 0. The zero-order valence-electron chi connectivity index (χ0n) is 9.03. The number of aryl methyl sites for hydroxylation is 1.